The van der Waals surface area contributed by atoms with Crippen LogP contribution in [0, 0.1) is 11.6 Å². The minimum absolute atomic E-state index is 0.0171. The van der Waals surface area contributed by atoms with Crippen molar-refractivity contribution in [2.75, 3.05) is 4.72 Å². The number of nitrogens with zero attached hydrogens (tertiary/aromatic N) is 4. The Morgan fingerprint density at radius 2 is 1.97 bits per heavy atom. The van der Waals surface area contributed by atoms with Crippen molar-refractivity contribution in [2.24, 2.45) is 0 Å². The third kappa shape index (κ3) is 4.57. The van der Waals surface area contributed by atoms with E-state index in [1.54, 1.807) is 6.20 Å². The standard InChI is InChI=1S/C21H23F2N5O3S/c1-2-28-17(7-10-26-28)14-5-3-4-6-18(14)31-19-11-16(23)20(12-15(19)22)32(29,30)27-21-8-9-24-13-25-21/h7-14,18H,2-6H2,1H3,(H,24,25,27)/t14-,18+/m1/s1. The molecule has 2 aromatic heterocycles. The van der Waals surface area contributed by atoms with Crippen LogP contribution in [0.25, 0.3) is 0 Å². The maximum atomic E-state index is 14.8. The molecule has 2 heterocycles. The first-order valence-electron chi connectivity index (χ1n) is 10.3. The van der Waals surface area contributed by atoms with Gasteiger partial charge >= 0.3 is 0 Å². The van der Waals surface area contributed by atoms with E-state index < -0.39 is 26.6 Å². The maximum absolute atomic E-state index is 14.8. The predicted molar refractivity (Wildman–Crippen MR) is 113 cm³/mol. The SMILES string of the molecule is CCn1nccc1[C@H]1CCCC[C@@H]1Oc1cc(F)c(S(=O)(=O)Nc2ccncn2)cc1F. The first-order chi connectivity index (χ1) is 15.4. The molecule has 1 N–H and O–H groups in total. The molecule has 0 amide bonds. The number of hydrogen-bond acceptors (Lipinski definition) is 6. The molecule has 0 aliphatic heterocycles. The molecule has 8 nitrogen and oxygen atoms in total. The number of benzene rings is 1. The average molecular weight is 464 g/mol. The number of anilines is 1. The molecule has 170 valence electrons. The van der Waals surface area contributed by atoms with E-state index in [0.29, 0.717) is 19.0 Å². The Balaban J connectivity index is 1.59. The van der Waals surface area contributed by atoms with Crippen molar-refractivity contribution in [1.82, 2.24) is 19.7 Å². The second-order valence-electron chi connectivity index (χ2n) is 7.53. The van der Waals surface area contributed by atoms with Gasteiger partial charge in [-0.3, -0.25) is 9.40 Å². The van der Waals surface area contributed by atoms with Gasteiger partial charge in [0.15, 0.2) is 11.6 Å². The summed E-state index contributed by atoms with van der Waals surface area (Å²) in [7, 11) is -4.39. The zero-order chi connectivity index (χ0) is 22.7. The molecule has 1 aliphatic rings. The normalized spacial score (nSPS) is 19.0. The summed E-state index contributed by atoms with van der Waals surface area (Å²) in [6, 6.07) is 4.63. The average Bonchev–Trinajstić information content (AvgIpc) is 3.25. The van der Waals surface area contributed by atoms with Crippen LogP contribution in [0.2, 0.25) is 0 Å². The maximum Gasteiger partial charge on any atom is 0.266 e. The lowest BCUT2D eigenvalue weighted by molar-refractivity contribution is 0.120. The fourth-order valence-electron chi connectivity index (χ4n) is 4.01. The second kappa shape index (κ2) is 9.19. The molecule has 11 heteroatoms. The fourth-order valence-corrected chi connectivity index (χ4v) is 5.09. The van der Waals surface area contributed by atoms with Gasteiger partial charge in [-0.1, -0.05) is 6.42 Å². The van der Waals surface area contributed by atoms with E-state index in [1.807, 2.05) is 17.7 Å². The summed E-state index contributed by atoms with van der Waals surface area (Å²) >= 11 is 0. The predicted octanol–water partition coefficient (Wildman–Crippen LogP) is 3.88. The minimum Gasteiger partial charge on any atom is -0.487 e. The summed E-state index contributed by atoms with van der Waals surface area (Å²) < 4.78 is 64.5. The first kappa shape index (κ1) is 22.1. The number of nitrogens with one attached hydrogen (secondary N) is 1. The number of hydrogen-bond donors (Lipinski definition) is 1. The molecule has 1 fully saturated rings. The van der Waals surface area contributed by atoms with Crippen molar-refractivity contribution in [3.63, 3.8) is 0 Å². The molecule has 32 heavy (non-hydrogen) atoms. The Morgan fingerprint density at radius 1 is 1.16 bits per heavy atom. The molecule has 0 saturated heterocycles. The number of aryl methyl sites for hydroxylation is 1. The molecule has 2 atom stereocenters. The summed E-state index contributed by atoms with van der Waals surface area (Å²) in [4.78, 5) is 6.59. The van der Waals surface area contributed by atoms with Crippen molar-refractivity contribution in [3.05, 3.63) is 60.3 Å². The van der Waals surface area contributed by atoms with Gasteiger partial charge in [0.05, 0.1) is 0 Å². The molecule has 0 spiro atoms. The van der Waals surface area contributed by atoms with Crippen LogP contribution in [0.4, 0.5) is 14.6 Å². The fraction of sp³-hybridized carbons (Fsp3) is 0.381. The summed E-state index contributed by atoms with van der Waals surface area (Å²) in [5.74, 6) is -2.46. The Bertz CT molecular complexity index is 1190. The number of aromatic nitrogens is 4. The number of sulfonamides is 1. The summed E-state index contributed by atoms with van der Waals surface area (Å²) in [5, 5.41) is 4.30. The highest BCUT2D eigenvalue weighted by Crippen LogP contribution is 2.37. The molecule has 1 saturated carbocycles. The first-order valence-corrected chi connectivity index (χ1v) is 11.8. The Labute approximate surface area is 184 Å². The second-order valence-corrected chi connectivity index (χ2v) is 9.18. The molecule has 1 aliphatic carbocycles. The van der Waals surface area contributed by atoms with Crippen LogP contribution in [0.1, 0.15) is 44.2 Å². The van der Waals surface area contributed by atoms with Crippen LogP contribution in [-0.2, 0) is 16.6 Å². The molecule has 0 radical (unpaired) electrons. The van der Waals surface area contributed by atoms with E-state index in [0.717, 1.165) is 37.4 Å². The molecule has 4 rings (SSSR count). The monoisotopic (exact) mass is 463 g/mol. The highest BCUT2D eigenvalue weighted by molar-refractivity contribution is 7.92. The minimum atomic E-state index is -4.39. The highest BCUT2D eigenvalue weighted by Gasteiger charge is 2.32. The van der Waals surface area contributed by atoms with Gasteiger partial charge in [-0.2, -0.15) is 5.10 Å². The molecule has 0 unspecified atom stereocenters. The van der Waals surface area contributed by atoms with Gasteiger partial charge in [-0.05, 0) is 38.3 Å². The van der Waals surface area contributed by atoms with Gasteiger partial charge in [0, 0.05) is 42.7 Å². The Hall–Kier alpha value is -3.08. The Kier molecular flexibility index (Phi) is 6.35. The van der Waals surface area contributed by atoms with Crippen molar-refractivity contribution < 1.29 is 21.9 Å². The van der Waals surface area contributed by atoms with Gasteiger partial charge in [-0.15, -0.1) is 0 Å². The van der Waals surface area contributed by atoms with Gasteiger partial charge in [0.25, 0.3) is 10.0 Å². The van der Waals surface area contributed by atoms with E-state index in [2.05, 4.69) is 19.8 Å². The molecule has 1 aromatic carbocycles. The molecular formula is C21H23F2N5O3S. The van der Waals surface area contributed by atoms with Crippen LogP contribution < -0.4 is 9.46 Å². The smallest absolute Gasteiger partial charge is 0.266 e. The summed E-state index contributed by atoms with van der Waals surface area (Å²) in [6.07, 6.45) is 7.23. The van der Waals surface area contributed by atoms with Crippen molar-refractivity contribution in [1.29, 1.82) is 0 Å². The van der Waals surface area contributed by atoms with Gasteiger partial charge in [0.2, 0.25) is 0 Å². The van der Waals surface area contributed by atoms with E-state index in [4.69, 9.17) is 4.74 Å². The number of halogens is 2. The van der Waals surface area contributed by atoms with Crippen LogP contribution in [0.15, 0.2) is 47.9 Å². The van der Waals surface area contributed by atoms with E-state index >= 15 is 0 Å². The lowest BCUT2D eigenvalue weighted by atomic mass is 9.84. The largest absolute Gasteiger partial charge is 0.487 e. The van der Waals surface area contributed by atoms with Gasteiger partial charge in [0.1, 0.15) is 29.0 Å². The molecule has 0 bridgehead atoms. The zero-order valence-electron chi connectivity index (χ0n) is 17.4. The number of rotatable bonds is 7. The van der Waals surface area contributed by atoms with Crippen molar-refractivity contribution in [2.45, 2.75) is 56.1 Å². The third-order valence-corrected chi connectivity index (χ3v) is 6.88. The molecule has 3 aromatic rings. The lowest BCUT2D eigenvalue weighted by Crippen LogP contribution is -2.30. The Morgan fingerprint density at radius 3 is 2.72 bits per heavy atom. The van der Waals surface area contributed by atoms with Crippen LogP contribution in [0.5, 0.6) is 5.75 Å². The summed E-state index contributed by atoms with van der Waals surface area (Å²) in [5.41, 5.74) is 0.992. The molecular weight excluding hydrogens is 440 g/mol. The van der Waals surface area contributed by atoms with Crippen molar-refractivity contribution in [3.8, 4) is 5.75 Å². The topological polar surface area (TPSA) is 99.0 Å². The van der Waals surface area contributed by atoms with Gasteiger partial charge in [-0.25, -0.2) is 27.2 Å². The van der Waals surface area contributed by atoms with Gasteiger partial charge < -0.3 is 4.74 Å². The van der Waals surface area contributed by atoms with Crippen molar-refractivity contribution >= 4 is 15.8 Å². The van der Waals surface area contributed by atoms with Crippen LogP contribution in [-0.4, -0.2) is 34.3 Å². The van der Waals surface area contributed by atoms with Crippen LogP contribution in [0.3, 0.4) is 0 Å². The summed E-state index contributed by atoms with van der Waals surface area (Å²) in [6.45, 7) is 2.68. The van der Waals surface area contributed by atoms with E-state index in [-0.39, 0.29) is 23.6 Å². The van der Waals surface area contributed by atoms with E-state index in [9.17, 15) is 17.2 Å². The lowest BCUT2D eigenvalue weighted by Gasteiger charge is -2.32. The zero-order valence-corrected chi connectivity index (χ0v) is 18.2. The number of ether oxygens (including phenoxy) is 1. The van der Waals surface area contributed by atoms with Crippen LogP contribution >= 0.6 is 0 Å². The quantitative estimate of drug-likeness (QED) is 0.571. The van der Waals surface area contributed by atoms with E-state index in [1.165, 1.54) is 12.3 Å². The highest BCUT2D eigenvalue weighted by atomic mass is 32.2. The third-order valence-electron chi connectivity index (χ3n) is 5.51.